The Kier molecular flexibility index (Phi) is 8.21. The Labute approximate surface area is 243 Å². The molecule has 0 saturated carbocycles. The second-order valence-electron chi connectivity index (χ2n) is 8.41. The summed E-state index contributed by atoms with van der Waals surface area (Å²) in [6.07, 6.45) is 1.38. The first-order valence-corrected chi connectivity index (χ1v) is 13.4. The molecule has 0 saturated heterocycles. The van der Waals surface area contributed by atoms with Gasteiger partial charge in [0.1, 0.15) is 10.6 Å². The number of rotatable bonds is 7. The summed E-state index contributed by atoms with van der Waals surface area (Å²) in [7, 11) is 0. The number of anilines is 1. The zero-order valence-electron chi connectivity index (χ0n) is 20.6. The van der Waals surface area contributed by atoms with E-state index in [0.29, 0.717) is 37.3 Å². The molecule has 0 aliphatic heterocycles. The van der Waals surface area contributed by atoms with E-state index in [1.54, 1.807) is 72.8 Å². The Morgan fingerprint density at radius 1 is 0.775 bits per heavy atom. The molecule has 1 aromatic heterocycles. The number of esters is 1. The number of hydrogen-bond acceptors (Lipinski definition) is 6. The summed E-state index contributed by atoms with van der Waals surface area (Å²) < 4.78 is 6.41. The molecule has 10 heteroatoms. The largest absolute Gasteiger partial charge is 0.422 e. The van der Waals surface area contributed by atoms with Crippen LogP contribution in [0, 0.1) is 0 Å². The van der Waals surface area contributed by atoms with E-state index in [-0.39, 0.29) is 11.7 Å². The molecule has 4 aromatic carbocycles. The Bertz CT molecular complexity index is 1750. The molecule has 0 spiro atoms. The van der Waals surface area contributed by atoms with Crippen LogP contribution in [0.5, 0.6) is 5.75 Å². The summed E-state index contributed by atoms with van der Waals surface area (Å²) in [6, 6.07) is 27.0. The quantitative estimate of drug-likeness (QED) is 0.0894. The third-order valence-electron chi connectivity index (χ3n) is 5.72. The molecule has 1 heterocycles. The monoisotopic (exact) mass is 587 g/mol. The van der Waals surface area contributed by atoms with Gasteiger partial charge < -0.3 is 10.1 Å². The lowest BCUT2D eigenvalue weighted by molar-refractivity contribution is 0.0734. The Morgan fingerprint density at radius 3 is 2.20 bits per heavy atom. The van der Waals surface area contributed by atoms with Crippen molar-refractivity contribution in [3.8, 4) is 5.75 Å². The lowest BCUT2D eigenvalue weighted by Gasteiger charge is -2.07. The molecular formula is C30H19Cl2N3O4S. The van der Waals surface area contributed by atoms with Gasteiger partial charge in [0.2, 0.25) is 0 Å². The van der Waals surface area contributed by atoms with Crippen LogP contribution in [0.4, 0.5) is 5.69 Å². The maximum Gasteiger partial charge on any atom is 0.343 e. The fraction of sp³-hybridized carbons (Fsp3) is 0. The number of halogens is 2. The van der Waals surface area contributed by atoms with Gasteiger partial charge in [0.15, 0.2) is 0 Å². The van der Waals surface area contributed by atoms with Gasteiger partial charge in [-0.2, -0.15) is 5.10 Å². The van der Waals surface area contributed by atoms with Gasteiger partial charge in [-0.25, -0.2) is 10.2 Å². The number of amides is 2. The zero-order chi connectivity index (χ0) is 28.1. The van der Waals surface area contributed by atoms with E-state index in [1.165, 1.54) is 17.6 Å². The van der Waals surface area contributed by atoms with Crippen molar-refractivity contribution in [2.45, 2.75) is 0 Å². The molecule has 7 nitrogen and oxygen atoms in total. The van der Waals surface area contributed by atoms with E-state index in [1.807, 2.05) is 24.3 Å². The highest BCUT2D eigenvalue weighted by atomic mass is 35.5. The van der Waals surface area contributed by atoms with Crippen LogP contribution >= 0.6 is 34.5 Å². The predicted molar refractivity (Wildman–Crippen MR) is 159 cm³/mol. The highest BCUT2D eigenvalue weighted by Crippen LogP contribution is 2.35. The van der Waals surface area contributed by atoms with Crippen LogP contribution in [0.3, 0.4) is 0 Å². The lowest BCUT2D eigenvalue weighted by atomic mass is 10.2. The molecule has 0 bridgehead atoms. The lowest BCUT2D eigenvalue weighted by Crippen LogP contribution is -2.18. The normalized spacial score (nSPS) is 10.9. The number of hydrazone groups is 1. The molecule has 2 N–H and O–H groups in total. The number of hydrogen-bond donors (Lipinski definition) is 2. The van der Waals surface area contributed by atoms with E-state index in [2.05, 4.69) is 15.8 Å². The second kappa shape index (κ2) is 12.1. The third-order valence-corrected chi connectivity index (χ3v) is 7.64. The van der Waals surface area contributed by atoms with E-state index < -0.39 is 11.9 Å². The van der Waals surface area contributed by atoms with Gasteiger partial charge in [-0.05, 0) is 66.7 Å². The van der Waals surface area contributed by atoms with Gasteiger partial charge in [0.25, 0.3) is 11.8 Å². The van der Waals surface area contributed by atoms with Crippen LogP contribution < -0.4 is 15.5 Å². The number of nitrogens with zero attached hydrogens (tertiary/aromatic N) is 1. The molecule has 0 unspecified atom stereocenters. The van der Waals surface area contributed by atoms with Crippen molar-refractivity contribution in [1.29, 1.82) is 0 Å². The van der Waals surface area contributed by atoms with Gasteiger partial charge in [0.05, 0.1) is 16.8 Å². The van der Waals surface area contributed by atoms with Crippen molar-refractivity contribution in [3.05, 3.63) is 129 Å². The average Bonchev–Trinajstić information content (AvgIpc) is 3.31. The molecule has 2 amide bonds. The van der Waals surface area contributed by atoms with Crippen LogP contribution in [0.2, 0.25) is 10.0 Å². The first-order chi connectivity index (χ1) is 19.4. The molecule has 5 aromatic rings. The molecule has 198 valence electrons. The fourth-order valence-corrected chi connectivity index (χ4v) is 5.24. The van der Waals surface area contributed by atoms with Crippen LogP contribution in [-0.4, -0.2) is 24.0 Å². The highest BCUT2D eigenvalue weighted by molar-refractivity contribution is 7.21. The molecule has 0 radical (unpaired) electrons. The van der Waals surface area contributed by atoms with Crippen molar-refractivity contribution < 1.29 is 19.1 Å². The maximum atomic E-state index is 12.8. The van der Waals surface area contributed by atoms with Gasteiger partial charge in [-0.3, -0.25) is 9.59 Å². The van der Waals surface area contributed by atoms with Crippen LogP contribution in [0.25, 0.3) is 10.1 Å². The van der Waals surface area contributed by atoms with Gasteiger partial charge in [0, 0.05) is 31.9 Å². The topological polar surface area (TPSA) is 96.9 Å². The number of nitrogens with one attached hydrogen (secondary N) is 2. The minimum absolute atomic E-state index is 0.277. The maximum absolute atomic E-state index is 12.8. The molecule has 0 atom stereocenters. The molecule has 0 fully saturated rings. The number of thiophene rings is 1. The summed E-state index contributed by atoms with van der Waals surface area (Å²) in [4.78, 5) is 38.2. The number of fused-ring (bicyclic) bond motifs is 1. The first kappa shape index (κ1) is 27.1. The van der Waals surface area contributed by atoms with E-state index in [4.69, 9.17) is 27.9 Å². The molecular weight excluding hydrogens is 569 g/mol. The number of ether oxygens (including phenoxy) is 1. The molecule has 5 rings (SSSR count). The number of benzene rings is 4. The van der Waals surface area contributed by atoms with Crippen molar-refractivity contribution >= 4 is 74.3 Å². The van der Waals surface area contributed by atoms with Crippen molar-refractivity contribution in [3.63, 3.8) is 0 Å². The van der Waals surface area contributed by atoms with Gasteiger partial charge >= 0.3 is 5.97 Å². The van der Waals surface area contributed by atoms with E-state index in [9.17, 15) is 14.4 Å². The van der Waals surface area contributed by atoms with Gasteiger partial charge in [-0.15, -0.1) is 11.3 Å². The second-order valence-corrected chi connectivity index (χ2v) is 10.3. The number of carbonyl (C=O) groups is 3. The first-order valence-electron chi connectivity index (χ1n) is 11.9. The third kappa shape index (κ3) is 6.21. The van der Waals surface area contributed by atoms with Crippen LogP contribution in [0.15, 0.2) is 102 Å². The smallest absolute Gasteiger partial charge is 0.343 e. The average molecular weight is 588 g/mol. The van der Waals surface area contributed by atoms with E-state index in [0.717, 1.165) is 10.1 Å². The number of para-hydroxylation sites is 1. The SMILES string of the molecule is O=C(N/N=C\c1ccccc1OC(=O)c1ccc(Cl)cc1)c1ccc(NC(=O)c2sc3ccccc3c2Cl)cc1. The van der Waals surface area contributed by atoms with Gasteiger partial charge in [-0.1, -0.05) is 53.5 Å². The highest BCUT2D eigenvalue weighted by Gasteiger charge is 2.17. The molecule has 0 aliphatic rings. The van der Waals surface area contributed by atoms with Crippen LogP contribution in [0.1, 0.15) is 36.0 Å². The predicted octanol–water partition coefficient (Wildman–Crippen LogP) is 7.44. The minimum Gasteiger partial charge on any atom is -0.422 e. The van der Waals surface area contributed by atoms with Crippen molar-refractivity contribution in [1.82, 2.24) is 5.43 Å². The Balaban J connectivity index is 1.20. The van der Waals surface area contributed by atoms with E-state index >= 15 is 0 Å². The zero-order valence-corrected chi connectivity index (χ0v) is 22.9. The minimum atomic E-state index is -0.552. The van der Waals surface area contributed by atoms with Crippen molar-refractivity contribution in [2.24, 2.45) is 5.10 Å². The molecule has 0 aliphatic carbocycles. The summed E-state index contributed by atoms with van der Waals surface area (Å²) in [6.45, 7) is 0. The Morgan fingerprint density at radius 2 is 1.45 bits per heavy atom. The van der Waals surface area contributed by atoms with Crippen molar-refractivity contribution in [2.75, 3.05) is 5.32 Å². The Hall–Kier alpha value is -4.50. The fourth-order valence-electron chi connectivity index (χ4n) is 3.70. The summed E-state index contributed by atoms with van der Waals surface area (Å²) in [5, 5.41) is 8.55. The summed E-state index contributed by atoms with van der Waals surface area (Å²) in [5.74, 6) is -1.07. The molecule has 40 heavy (non-hydrogen) atoms. The number of carbonyl (C=O) groups excluding carboxylic acids is 3. The standard InChI is InChI=1S/C30H19Cl2N3O4S/c31-21-13-9-19(10-14-21)30(38)39-24-7-3-1-5-20(24)17-33-35-28(36)18-11-15-22(16-12-18)34-29(37)27-26(32)23-6-2-4-8-25(23)40-27/h1-17H,(H,34,37)(H,35,36)/b33-17-. The van der Waals surface area contributed by atoms with Crippen LogP contribution in [-0.2, 0) is 0 Å². The summed E-state index contributed by atoms with van der Waals surface area (Å²) in [5.41, 5.74) is 4.12. The summed E-state index contributed by atoms with van der Waals surface area (Å²) >= 11 is 13.6.